The largest absolute Gasteiger partial charge is 0.492 e. The highest BCUT2D eigenvalue weighted by Crippen LogP contribution is 2.23. The smallest absolute Gasteiger partial charge is 0.337 e. The second kappa shape index (κ2) is 8.62. The molecule has 0 saturated carbocycles. The van der Waals surface area contributed by atoms with Crippen LogP contribution in [0.15, 0.2) is 36.4 Å². The molecular weight excluding hydrogens is 362 g/mol. The molecule has 1 aromatic carbocycles. The van der Waals surface area contributed by atoms with Gasteiger partial charge in [0.05, 0.1) is 6.42 Å². The lowest BCUT2D eigenvalue weighted by molar-refractivity contribution is -0.144. The Hall–Kier alpha value is -2.25. The summed E-state index contributed by atoms with van der Waals surface area (Å²) in [6, 6.07) is 11.5. The van der Waals surface area contributed by atoms with Crippen LogP contribution in [0.2, 0.25) is 12.1 Å². The van der Waals surface area contributed by atoms with Crippen LogP contribution in [0.4, 0.5) is 0 Å². The Labute approximate surface area is 161 Å². The van der Waals surface area contributed by atoms with Crippen LogP contribution < -0.4 is 10.0 Å². The maximum Gasteiger partial charge on any atom is 0.337 e. The van der Waals surface area contributed by atoms with Crippen LogP contribution in [0, 0.1) is 11.8 Å². The van der Waals surface area contributed by atoms with Gasteiger partial charge in [-0.1, -0.05) is 52.0 Å². The molecule has 3 N–H and O–H groups in total. The minimum Gasteiger partial charge on any atom is -0.492 e. The van der Waals surface area contributed by atoms with Gasteiger partial charge in [-0.2, -0.15) is 0 Å². The second-order valence-electron chi connectivity index (χ2n) is 7.91. The molecule has 0 bridgehead atoms. The summed E-state index contributed by atoms with van der Waals surface area (Å²) in [7, 11) is -2.57. The Balaban J connectivity index is 2.10. The van der Waals surface area contributed by atoms with Crippen LogP contribution >= 0.6 is 0 Å². The first kappa shape index (κ1) is 21.1. The molecule has 0 saturated heterocycles. The van der Waals surface area contributed by atoms with E-state index in [0.717, 1.165) is 22.8 Å². The molecule has 0 fully saturated rings. The molecule has 0 atom stereocenters. The number of hydrogen-bond acceptors (Lipinski definition) is 5. The third-order valence-corrected chi connectivity index (χ3v) is 8.71. The maximum absolute atomic E-state index is 12.1. The minimum absolute atomic E-state index is 0.00825. The predicted octanol–water partition coefficient (Wildman–Crippen LogP) is 2.55. The number of aromatic hydroxyl groups is 2. The van der Waals surface area contributed by atoms with E-state index in [1.54, 1.807) is 0 Å². The summed E-state index contributed by atoms with van der Waals surface area (Å²) < 4.78 is 0.674. The van der Waals surface area contributed by atoms with Crippen molar-refractivity contribution in [2.75, 3.05) is 0 Å². The lowest BCUT2D eigenvalue weighted by atomic mass is 10.1. The number of rotatable bonds is 8. The summed E-state index contributed by atoms with van der Waals surface area (Å²) in [5.74, 6) is -0.486. The first-order valence-electron chi connectivity index (χ1n) is 9.23. The van der Waals surface area contributed by atoms with Crippen LogP contribution in [0.25, 0.3) is 0 Å². The highest BCUT2D eigenvalue weighted by molar-refractivity contribution is 6.85. The molecule has 6 nitrogen and oxygen atoms in total. The highest BCUT2D eigenvalue weighted by Gasteiger charge is 2.34. The van der Waals surface area contributed by atoms with Gasteiger partial charge in [0.25, 0.3) is 0 Å². The van der Waals surface area contributed by atoms with Gasteiger partial charge in [-0.15, -0.1) is 4.73 Å². The first-order chi connectivity index (χ1) is 12.6. The molecule has 2 aromatic rings. The standard InChI is InChI=1S/C20H29NO5Si/c1-14(2)12-27(25,13-15(3)4)17-7-5-16(6-8-17)11-20(24)26-21-18(22)9-10-19(21)23/h5-10,14-15,22-23,25H,11-13H2,1-4H3. The first-order valence-corrected chi connectivity index (χ1v) is 11.6. The lowest BCUT2D eigenvalue weighted by Crippen LogP contribution is -2.49. The molecule has 1 aromatic heterocycles. The Kier molecular flexibility index (Phi) is 6.72. The summed E-state index contributed by atoms with van der Waals surface area (Å²) >= 11 is 0. The quantitative estimate of drug-likeness (QED) is 0.602. The van der Waals surface area contributed by atoms with Gasteiger partial charge >= 0.3 is 5.97 Å². The molecule has 1 heterocycles. The van der Waals surface area contributed by atoms with Gasteiger partial charge in [0.2, 0.25) is 20.1 Å². The maximum atomic E-state index is 12.1. The van der Waals surface area contributed by atoms with Crippen molar-refractivity contribution in [2.45, 2.75) is 46.2 Å². The number of benzene rings is 1. The van der Waals surface area contributed by atoms with Crippen LogP contribution in [0.1, 0.15) is 33.3 Å². The summed E-state index contributed by atoms with van der Waals surface area (Å²) in [5, 5.41) is 20.0. The molecule has 2 rings (SSSR count). The third-order valence-electron chi connectivity index (χ3n) is 4.32. The number of hydrogen-bond donors (Lipinski definition) is 3. The second-order valence-corrected chi connectivity index (χ2v) is 11.4. The summed E-state index contributed by atoms with van der Waals surface area (Å²) in [6.07, 6.45) is -0.00825. The van der Waals surface area contributed by atoms with Crippen molar-refractivity contribution >= 4 is 19.5 Å². The fraction of sp³-hybridized carbons (Fsp3) is 0.450. The van der Waals surface area contributed by atoms with Crippen molar-refractivity contribution in [2.24, 2.45) is 11.8 Å². The van der Waals surface area contributed by atoms with Crippen LogP contribution in [0.3, 0.4) is 0 Å². The Morgan fingerprint density at radius 2 is 1.44 bits per heavy atom. The van der Waals surface area contributed by atoms with E-state index in [2.05, 4.69) is 27.7 Å². The number of nitrogens with zero attached hydrogens (tertiary/aromatic N) is 1. The minimum atomic E-state index is -2.57. The molecule has 27 heavy (non-hydrogen) atoms. The average Bonchev–Trinajstić information content (AvgIpc) is 2.85. The van der Waals surface area contributed by atoms with Gasteiger partial charge in [0.15, 0.2) is 0 Å². The van der Waals surface area contributed by atoms with E-state index >= 15 is 0 Å². The summed E-state index contributed by atoms with van der Waals surface area (Å²) in [4.78, 5) is 28.3. The molecule has 0 amide bonds. The molecule has 0 aliphatic rings. The molecule has 148 valence electrons. The number of carbonyl (C=O) groups is 1. The fourth-order valence-electron chi connectivity index (χ4n) is 3.40. The highest BCUT2D eigenvalue weighted by atomic mass is 28.4. The normalized spacial score (nSPS) is 12.0. The average molecular weight is 392 g/mol. The zero-order valence-corrected chi connectivity index (χ0v) is 17.3. The molecule has 0 unspecified atom stereocenters. The molecule has 0 aliphatic heterocycles. The molecule has 7 heteroatoms. The van der Waals surface area contributed by atoms with Crippen LogP contribution in [-0.4, -0.2) is 34.0 Å². The summed E-state index contributed by atoms with van der Waals surface area (Å²) in [5.41, 5.74) is 0.736. The van der Waals surface area contributed by atoms with Crippen molar-refractivity contribution in [3.63, 3.8) is 0 Å². The van der Waals surface area contributed by atoms with Gasteiger partial charge in [0, 0.05) is 12.1 Å². The third kappa shape index (κ3) is 5.61. The summed E-state index contributed by atoms with van der Waals surface area (Å²) in [6.45, 7) is 8.48. The number of aromatic nitrogens is 1. The van der Waals surface area contributed by atoms with E-state index in [1.807, 2.05) is 24.3 Å². The SMILES string of the molecule is CC(C)C[Si](O)(CC(C)C)c1ccc(CC(=O)On2c(O)ccc2O)cc1. The van der Waals surface area contributed by atoms with E-state index in [1.165, 1.54) is 12.1 Å². The van der Waals surface area contributed by atoms with Crippen molar-refractivity contribution in [3.8, 4) is 11.8 Å². The van der Waals surface area contributed by atoms with Crippen molar-refractivity contribution in [1.29, 1.82) is 0 Å². The molecule has 0 spiro atoms. The molecule has 0 radical (unpaired) electrons. The van der Waals surface area contributed by atoms with Crippen molar-refractivity contribution in [3.05, 3.63) is 42.0 Å². The van der Waals surface area contributed by atoms with Gasteiger partial charge in [-0.05, 0) is 34.7 Å². The predicted molar refractivity (Wildman–Crippen MR) is 106 cm³/mol. The van der Waals surface area contributed by atoms with Crippen molar-refractivity contribution < 1.29 is 24.6 Å². The van der Waals surface area contributed by atoms with Gasteiger partial charge in [-0.25, -0.2) is 4.79 Å². The van der Waals surface area contributed by atoms with Crippen LogP contribution in [0.5, 0.6) is 11.8 Å². The van der Waals surface area contributed by atoms with Gasteiger partial charge < -0.3 is 19.8 Å². The molecular formula is C20H29NO5Si. The Morgan fingerprint density at radius 1 is 0.963 bits per heavy atom. The topological polar surface area (TPSA) is 91.9 Å². The van der Waals surface area contributed by atoms with Crippen molar-refractivity contribution in [1.82, 2.24) is 4.73 Å². The van der Waals surface area contributed by atoms with E-state index in [0.29, 0.717) is 16.6 Å². The van der Waals surface area contributed by atoms with E-state index in [-0.39, 0.29) is 18.2 Å². The van der Waals surface area contributed by atoms with Gasteiger partial charge in [0.1, 0.15) is 0 Å². The fourth-order valence-corrected chi connectivity index (χ4v) is 7.53. The van der Waals surface area contributed by atoms with E-state index < -0.39 is 14.3 Å². The van der Waals surface area contributed by atoms with Crippen LogP contribution in [-0.2, 0) is 11.2 Å². The lowest BCUT2D eigenvalue weighted by Gasteiger charge is -2.29. The molecule has 0 aliphatic carbocycles. The zero-order valence-electron chi connectivity index (χ0n) is 16.3. The monoisotopic (exact) mass is 391 g/mol. The number of carbonyl (C=O) groups excluding carboxylic acids is 1. The Bertz CT molecular complexity index is 738. The Morgan fingerprint density at radius 3 is 1.89 bits per heavy atom. The zero-order chi connectivity index (χ0) is 20.2. The van der Waals surface area contributed by atoms with Gasteiger partial charge in [-0.3, -0.25) is 0 Å². The van der Waals surface area contributed by atoms with E-state index in [4.69, 9.17) is 4.84 Å². The van der Waals surface area contributed by atoms with E-state index in [9.17, 15) is 19.8 Å².